The van der Waals surface area contributed by atoms with Crippen molar-refractivity contribution in [2.45, 2.75) is 65.7 Å². The molecule has 0 aromatic heterocycles. The van der Waals surface area contributed by atoms with Crippen molar-refractivity contribution in [3.63, 3.8) is 0 Å². The van der Waals surface area contributed by atoms with Gasteiger partial charge in [0, 0.05) is 0 Å². The van der Waals surface area contributed by atoms with Gasteiger partial charge in [-0.05, 0) is 82.6 Å². The Hall–Kier alpha value is -1.56. The van der Waals surface area contributed by atoms with E-state index in [2.05, 4.69) is 76.7 Å². The molecule has 0 amide bonds. The maximum absolute atomic E-state index is 4.16. The van der Waals surface area contributed by atoms with E-state index in [0.717, 1.165) is 12.3 Å². The molecule has 0 saturated heterocycles. The van der Waals surface area contributed by atoms with Gasteiger partial charge in [-0.1, -0.05) is 70.2 Å². The third kappa shape index (κ3) is 2.56. The molecule has 2 aromatic carbocycles. The molecule has 5 rings (SSSR count). The molecule has 0 heteroatoms. The van der Waals surface area contributed by atoms with Crippen molar-refractivity contribution < 1.29 is 0 Å². The zero-order chi connectivity index (χ0) is 18.5. The van der Waals surface area contributed by atoms with Crippen LogP contribution < -0.4 is 0 Å². The second-order valence-electron chi connectivity index (χ2n) is 9.63. The van der Waals surface area contributed by atoms with Gasteiger partial charge in [0.1, 0.15) is 0 Å². The Kier molecular flexibility index (Phi) is 4.29. The molecule has 2 bridgehead atoms. The predicted molar refractivity (Wildman–Crippen MR) is 114 cm³/mol. The van der Waals surface area contributed by atoms with Crippen molar-refractivity contribution in [2.24, 2.45) is 22.7 Å². The lowest BCUT2D eigenvalue weighted by molar-refractivity contribution is -0.0815. The molecule has 3 saturated carbocycles. The monoisotopic (exact) mass is 346 g/mol. The minimum atomic E-state index is 0.392. The minimum Gasteiger partial charge on any atom is -0.103 e. The van der Waals surface area contributed by atoms with Gasteiger partial charge in [-0.3, -0.25) is 0 Å². The van der Waals surface area contributed by atoms with Crippen LogP contribution in [0.3, 0.4) is 0 Å². The fraction of sp³-hybridized carbons (Fsp3) is 0.538. The van der Waals surface area contributed by atoms with Crippen LogP contribution >= 0.6 is 0 Å². The standard InChI is InChI=1S/C26H34/c1-6-19-11-12-20-9-8-10-23(24(20)15-19)18(3)26(5)17-25(4)14-13-22(26)16-21(25)7-2/h7-12,15,18,21-22H,2,6,13-14,16-17H2,1,3-5H3/t18-,21+,22?,25-,26+/m0/s1. The second kappa shape index (κ2) is 6.25. The van der Waals surface area contributed by atoms with E-state index >= 15 is 0 Å². The van der Waals surface area contributed by atoms with E-state index in [4.69, 9.17) is 0 Å². The summed E-state index contributed by atoms with van der Waals surface area (Å²) in [5.74, 6) is 2.13. The van der Waals surface area contributed by atoms with Crippen LogP contribution in [-0.2, 0) is 6.42 Å². The molecule has 0 nitrogen and oxygen atoms in total. The Bertz CT molecular complexity index is 831. The van der Waals surface area contributed by atoms with Crippen LogP contribution in [0.25, 0.3) is 10.8 Å². The van der Waals surface area contributed by atoms with Gasteiger partial charge in [0.15, 0.2) is 0 Å². The van der Waals surface area contributed by atoms with Crippen molar-refractivity contribution in [3.05, 3.63) is 60.2 Å². The molecule has 3 aliphatic carbocycles. The van der Waals surface area contributed by atoms with Crippen LogP contribution in [0, 0.1) is 22.7 Å². The highest BCUT2D eigenvalue weighted by atomic mass is 14.6. The van der Waals surface area contributed by atoms with E-state index in [1.807, 2.05) is 0 Å². The number of fused-ring (bicyclic) bond motifs is 4. The lowest BCUT2D eigenvalue weighted by Gasteiger charge is -2.61. The highest BCUT2D eigenvalue weighted by Gasteiger charge is 2.55. The summed E-state index contributed by atoms with van der Waals surface area (Å²) >= 11 is 0. The molecule has 0 radical (unpaired) electrons. The first-order valence-electron chi connectivity index (χ1n) is 10.6. The maximum atomic E-state index is 4.16. The van der Waals surface area contributed by atoms with E-state index in [1.54, 1.807) is 5.56 Å². The predicted octanol–water partition coefficient (Wildman–Crippen LogP) is 7.52. The van der Waals surface area contributed by atoms with Gasteiger partial charge in [-0.15, -0.1) is 6.58 Å². The Morgan fingerprint density at radius 3 is 2.73 bits per heavy atom. The van der Waals surface area contributed by atoms with Gasteiger partial charge < -0.3 is 0 Å². The molecule has 0 N–H and O–H groups in total. The summed E-state index contributed by atoms with van der Waals surface area (Å²) in [5.41, 5.74) is 3.85. The summed E-state index contributed by atoms with van der Waals surface area (Å²) in [6.07, 6.45) is 8.82. The summed E-state index contributed by atoms with van der Waals surface area (Å²) in [6, 6.07) is 14.0. The Morgan fingerprint density at radius 2 is 2.04 bits per heavy atom. The van der Waals surface area contributed by atoms with Crippen LogP contribution in [0.15, 0.2) is 49.1 Å². The quantitative estimate of drug-likeness (QED) is 0.502. The normalized spacial score (nSPS) is 34.8. The van der Waals surface area contributed by atoms with E-state index in [0.29, 0.717) is 22.7 Å². The summed E-state index contributed by atoms with van der Waals surface area (Å²) in [5, 5.41) is 2.87. The number of rotatable bonds is 4. The van der Waals surface area contributed by atoms with Crippen LogP contribution in [0.4, 0.5) is 0 Å². The molecule has 138 valence electrons. The van der Waals surface area contributed by atoms with Gasteiger partial charge in [0.2, 0.25) is 0 Å². The molecule has 0 heterocycles. The fourth-order valence-electron chi connectivity index (χ4n) is 6.42. The van der Waals surface area contributed by atoms with Gasteiger partial charge >= 0.3 is 0 Å². The smallest absolute Gasteiger partial charge is 0.0127 e. The average Bonchev–Trinajstić information content (AvgIpc) is 2.66. The summed E-state index contributed by atoms with van der Waals surface area (Å²) in [6.45, 7) is 14.0. The molecule has 26 heavy (non-hydrogen) atoms. The molecule has 0 aliphatic heterocycles. The Balaban J connectivity index is 1.77. The largest absolute Gasteiger partial charge is 0.103 e. The van der Waals surface area contributed by atoms with Crippen molar-refractivity contribution in [2.75, 3.05) is 0 Å². The van der Waals surface area contributed by atoms with Gasteiger partial charge in [-0.25, -0.2) is 0 Å². The van der Waals surface area contributed by atoms with Crippen LogP contribution in [0.5, 0.6) is 0 Å². The summed E-state index contributed by atoms with van der Waals surface area (Å²) < 4.78 is 0. The molecule has 3 aliphatic rings. The van der Waals surface area contributed by atoms with Crippen molar-refractivity contribution in [3.8, 4) is 0 Å². The van der Waals surface area contributed by atoms with Crippen molar-refractivity contribution in [1.29, 1.82) is 0 Å². The highest BCUT2D eigenvalue weighted by molar-refractivity contribution is 5.87. The Labute approximate surface area is 159 Å². The first-order valence-corrected chi connectivity index (χ1v) is 10.6. The topological polar surface area (TPSA) is 0 Å². The summed E-state index contributed by atoms with van der Waals surface area (Å²) in [7, 11) is 0. The molecule has 5 atom stereocenters. The van der Waals surface area contributed by atoms with Gasteiger partial charge in [0.25, 0.3) is 0 Å². The third-order valence-corrected chi connectivity index (χ3v) is 8.34. The lowest BCUT2D eigenvalue weighted by Crippen LogP contribution is -2.51. The maximum Gasteiger partial charge on any atom is -0.0127 e. The van der Waals surface area contributed by atoms with Crippen LogP contribution in [0.2, 0.25) is 0 Å². The molecule has 2 aromatic rings. The SMILES string of the molecule is C=C[C@@H]1CC2CC[C@@]1(C)C[C@]2(C)[C@@H](C)c1cccc2ccc(CC)cc12. The molecule has 3 fully saturated rings. The number of hydrogen-bond donors (Lipinski definition) is 0. The average molecular weight is 347 g/mol. The van der Waals surface area contributed by atoms with E-state index < -0.39 is 0 Å². The molecular weight excluding hydrogens is 312 g/mol. The van der Waals surface area contributed by atoms with Crippen LogP contribution in [0.1, 0.15) is 70.4 Å². The Morgan fingerprint density at radius 1 is 1.23 bits per heavy atom. The number of allylic oxidation sites excluding steroid dienone is 1. The number of hydrogen-bond acceptors (Lipinski definition) is 0. The second-order valence-corrected chi connectivity index (χ2v) is 9.63. The molecule has 1 unspecified atom stereocenters. The van der Waals surface area contributed by atoms with E-state index in [9.17, 15) is 0 Å². The third-order valence-electron chi connectivity index (χ3n) is 8.34. The highest BCUT2D eigenvalue weighted by Crippen LogP contribution is 2.65. The molecule has 0 spiro atoms. The lowest BCUT2D eigenvalue weighted by atomic mass is 9.44. The number of aryl methyl sites for hydroxylation is 1. The van der Waals surface area contributed by atoms with E-state index in [-0.39, 0.29) is 0 Å². The summed E-state index contributed by atoms with van der Waals surface area (Å²) in [4.78, 5) is 0. The minimum absolute atomic E-state index is 0.392. The zero-order valence-electron chi connectivity index (χ0n) is 17.0. The van der Waals surface area contributed by atoms with E-state index in [1.165, 1.54) is 42.0 Å². The van der Waals surface area contributed by atoms with Crippen molar-refractivity contribution in [1.82, 2.24) is 0 Å². The van der Waals surface area contributed by atoms with Gasteiger partial charge in [-0.2, -0.15) is 0 Å². The number of benzene rings is 2. The zero-order valence-corrected chi connectivity index (χ0v) is 17.0. The van der Waals surface area contributed by atoms with Crippen LogP contribution in [-0.4, -0.2) is 0 Å². The fourth-order valence-corrected chi connectivity index (χ4v) is 6.42. The molecular formula is C26H34. The van der Waals surface area contributed by atoms with Crippen molar-refractivity contribution >= 4 is 10.8 Å². The van der Waals surface area contributed by atoms with Gasteiger partial charge in [0.05, 0.1) is 0 Å². The first-order chi connectivity index (χ1) is 12.4. The first kappa shape index (κ1) is 17.8.